The zero-order valence-corrected chi connectivity index (χ0v) is 17.0. The second kappa shape index (κ2) is 8.15. The van der Waals surface area contributed by atoms with Crippen molar-refractivity contribution in [3.8, 4) is 5.75 Å². The fourth-order valence-electron chi connectivity index (χ4n) is 4.46. The maximum atomic E-state index is 13.2. The molecule has 0 unspecified atom stereocenters. The summed E-state index contributed by atoms with van der Waals surface area (Å²) in [6.45, 7) is 0.532. The summed E-state index contributed by atoms with van der Waals surface area (Å²) in [5, 5.41) is 0.0404. The van der Waals surface area contributed by atoms with Crippen LogP contribution in [0.1, 0.15) is 32.1 Å². The minimum absolute atomic E-state index is 0.0101. The van der Waals surface area contributed by atoms with Crippen LogP contribution in [0.15, 0.2) is 59.5 Å². The maximum Gasteiger partial charge on any atom is 0.573 e. The van der Waals surface area contributed by atoms with Gasteiger partial charge in [-0.05, 0) is 79.7 Å². The van der Waals surface area contributed by atoms with E-state index in [0.29, 0.717) is 31.5 Å². The zero-order chi connectivity index (χ0) is 21.4. The highest BCUT2D eigenvalue weighted by atomic mass is 32.2. The van der Waals surface area contributed by atoms with Gasteiger partial charge in [-0.15, -0.1) is 13.2 Å². The van der Waals surface area contributed by atoms with Crippen molar-refractivity contribution < 1.29 is 27.3 Å². The Bertz CT molecular complexity index is 881. The molecule has 30 heavy (non-hydrogen) atoms. The van der Waals surface area contributed by atoms with Crippen LogP contribution in [0.4, 0.5) is 18.9 Å². The van der Waals surface area contributed by atoms with Gasteiger partial charge in [-0.1, -0.05) is 18.2 Å². The molecule has 0 aromatic heterocycles. The van der Waals surface area contributed by atoms with Gasteiger partial charge in [0.1, 0.15) is 11.0 Å². The molecular formula is C22H22F3NO3S. The van der Waals surface area contributed by atoms with Crippen molar-refractivity contribution in [1.82, 2.24) is 0 Å². The molecule has 2 aliphatic rings. The Hall–Kier alpha value is -2.19. The fraction of sp³-hybridized carbons (Fsp3) is 0.409. The van der Waals surface area contributed by atoms with Crippen molar-refractivity contribution in [2.45, 2.75) is 48.6 Å². The average molecular weight is 437 g/mol. The van der Waals surface area contributed by atoms with Crippen molar-refractivity contribution in [2.75, 3.05) is 11.4 Å². The first kappa shape index (κ1) is 21.1. The van der Waals surface area contributed by atoms with Gasteiger partial charge >= 0.3 is 6.36 Å². The number of amides is 1. The minimum Gasteiger partial charge on any atom is -0.611 e. The Kier molecular flexibility index (Phi) is 5.72. The van der Waals surface area contributed by atoms with Gasteiger partial charge in [-0.2, -0.15) is 0 Å². The normalized spacial score (nSPS) is 25.5. The number of halogens is 3. The molecule has 1 spiro atoms. The minimum atomic E-state index is -4.74. The monoisotopic (exact) mass is 437 g/mol. The SMILES string of the molecule is O=C1N(c2ccc(OC(F)(F)F)cc2)CC[C@]12CC[C@@H]([S@@+]([O-])c1ccccc1)CC2. The molecule has 1 atom stereocenters. The van der Waals surface area contributed by atoms with Crippen LogP contribution in [0.25, 0.3) is 0 Å². The van der Waals surface area contributed by atoms with Crippen LogP contribution in [0.3, 0.4) is 0 Å². The number of carbonyl (C=O) groups is 1. The summed E-state index contributed by atoms with van der Waals surface area (Å²) in [5.41, 5.74) is 0.111. The molecule has 0 bridgehead atoms. The number of hydrogen-bond acceptors (Lipinski definition) is 3. The van der Waals surface area contributed by atoms with Gasteiger partial charge in [-0.25, -0.2) is 0 Å². The van der Waals surface area contributed by atoms with Crippen molar-refractivity contribution in [3.63, 3.8) is 0 Å². The van der Waals surface area contributed by atoms with Gasteiger partial charge in [0.2, 0.25) is 5.91 Å². The van der Waals surface area contributed by atoms with E-state index in [1.54, 1.807) is 4.90 Å². The van der Waals surface area contributed by atoms with Gasteiger partial charge in [0.25, 0.3) is 0 Å². The van der Waals surface area contributed by atoms with E-state index in [1.807, 2.05) is 30.3 Å². The highest BCUT2D eigenvalue weighted by Gasteiger charge is 2.50. The van der Waals surface area contributed by atoms with E-state index in [-0.39, 0.29) is 16.9 Å². The molecule has 2 fully saturated rings. The molecule has 2 aromatic carbocycles. The summed E-state index contributed by atoms with van der Waals surface area (Å²) < 4.78 is 53.7. The number of anilines is 1. The number of alkyl halides is 3. The van der Waals surface area contributed by atoms with E-state index in [1.165, 1.54) is 24.3 Å². The van der Waals surface area contributed by atoms with Gasteiger partial charge < -0.3 is 14.2 Å². The lowest BCUT2D eigenvalue weighted by Gasteiger charge is -2.35. The van der Waals surface area contributed by atoms with Crippen LogP contribution < -0.4 is 9.64 Å². The van der Waals surface area contributed by atoms with Crippen molar-refractivity contribution in [1.29, 1.82) is 0 Å². The van der Waals surface area contributed by atoms with Crippen LogP contribution in [0.2, 0.25) is 0 Å². The largest absolute Gasteiger partial charge is 0.611 e. The molecule has 160 valence electrons. The topological polar surface area (TPSA) is 52.6 Å². The molecule has 4 nitrogen and oxygen atoms in total. The molecular weight excluding hydrogens is 415 g/mol. The van der Waals surface area contributed by atoms with Gasteiger partial charge in [0.05, 0.1) is 5.41 Å². The predicted octanol–water partition coefficient (Wildman–Crippen LogP) is 5.06. The number of nitrogens with zero attached hydrogens (tertiary/aromatic N) is 1. The Balaban J connectivity index is 1.40. The van der Waals surface area contributed by atoms with Crippen molar-refractivity contribution in [3.05, 3.63) is 54.6 Å². The number of hydrogen-bond donors (Lipinski definition) is 0. The zero-order valence-electron chi connectivity index (χ0n) is 16.2. The van der Waals surface area contributed by atoms with Crippen LogP contribution in [0, 0.1) is 5.41 Å². The molecule has 0 radical (unpaired) electrons. The summed E-state index contributed by atoms with van der Waals surface area (Å²) in [6.07, 6.45) is -1.23. The Morgan fingerprint density at radius 1 is 1.00 bits per heavy atom. The molecule has 1 aliphatic heterocycles. The Morgan fingerprint density at radius 2 is 1.63 bits per heavy atom. The summed E-state index contributed by atoms with van der Waals surface area (Å²) in [5.74, 6) is -0.299. The highest BCUT2D eigenvalue weighted by Crippen LogP contribution is 2.47. The quantitative estimate of drug-likeness (QED) is 0.629. The summed E-state index contributed by atoms with van der Waals surface area (Å²) in [7, 11) is 0. The third-order valence-corrected chi connectivity index (χ3v) is 7.88. The fourth-order valence-corrected chi connectivity index (χ4v) is 5.94. The first-order chi connectivity index (χ1) is 14.3. The lowest BCUT2D eigenvalue weighted by molar-refractivity contribution is -0.274. The molecule has 1 heterocycles. The summed E-state index contributed by atoms with van der Waals surface area (Å²) in [4.78, 5) is 15.6. The standard InChI is InChI=1S/C22H22F3NO3S/c23-22(24,25)29-17-8-6-16(7-9-17)26-15-14-21(20(26)27)12-10-19(11-13-21)30(28)18-4-2-1-3-5-18/h1-9,19H,10-15H2/t19-,21-,30-/m0/s1. The first-order valence-corrected chi connectivity index (χ1v) is 11.1. The predicted molar refractivity (Wildman–Crippen MR) is 108 cm³/mol. The van der Waals surface area contributed by atoms with E-state index in [0.717, 1.165) is 17.7 Å². The van der Waals surface area contributed by atoms with Gasteiger partial charge in [0, 0.05) is 12.2 Å². The second-order valence-electron chi connectivity index (χ2n) is 7.84. The van der Waals surface area contributed by atoms with Crippen molar-refractivity contribution >= 4 is 22.8 Å². The average Bonchev–Trinajstić information content (AvgIpc) is 3.04. The van der Waals surface area contributed by atoms with E-state index in [4.69, 9.17) is 0 Å². The lowest BCUT2D eigenvalue weighted by atomic mass is 9.73. The molecule has 1 saturated carbocycles. The van der Waals surface area contributed by atoms with Crippen LogP contribution in [0.5, 0.6) is 5.75 Å². The molecule has 8 heteroatoms. The van der Waals surface area contributed by atoms with Crippen LogP contribution in [-0.4, -0.2) is 28.6 Å². The molecule has 2 aromatic rings. The van der Waals surface area contributed by atoms with E-state index in [2.05, 4.69) is 4.74 Å². The first-order valence-electron chi connectivity index (χ1n) is 9.91. The molecule has 1 aliphatic carbocycles. The lowest BCUT2D eigenvalue weighted by Crippen LogP contribution is -2.40. The number of carbonyl (C=O) groups excluding carboxylic acids is 1. The van der Waals surface area contributed by atoms with E-state index in [9.17, 15) is 22.5 Å². The maximum absolute atomic E-state index is 13.2. The Labute approximate surface area is 176 Å². The number of rotatable bonds is 4. The van der Waals surface area contributed by atoms with Crippen LogP contribution in [-0.2, 0) is 16.0 Å². The van der Waals surface area contributed by atoms with Crippen LogP contribution >= 0.6 is 0 Å². The smallest absolute Gasteiger partial charge is 0.573 e. The molecule has 1 saturated heterocycles. The molecule has 4 rings (SSSR count). The van der Waals surface area contributed by atoms with Gasteiger partial charge in [-0.3, -0.25) is 4.79 Å². The number of ether oxygens (including phenoxy) is 1. The molecule has 0 N–H and O–H groups in total. The molecule has 1 amide bonds. The van der Waals surface area contributed by atoms with E-state index >= 15 is 0 Å². The van der Waals surface area contributed by atoms with E-state index < -0.39 is 23.0 Å². The summed E-state index contributed by atoms with van der Waals surface area (Å²) >= 11 is -1.08. The van der Waals surface area contributed by atoms with Gasteiger partial charge in [0.15, 0.2) is 4.90 Å². The van der Waals surface area contributed by atoms with Crippen molar-refractivity contribution in [2.24, 2.45) is 5.41 Å². The number of benzene rings is 2. The highest BCUT2D eigenvalue weighted by molar-refractivity contribution is 7.92. The second-order valence-corrected chi connectivity index (χ2v) is 9.57. The Morgan fingerprint density at radius 3 is 2.23 bits per heavy atom. The summed E-state index contributed by atoms with van der Waals surface area (Å²) in [6, 6.07) is 14.8. The third-order valence-electron chi connectivity index (χ3n) is 6.06. The third kappa shape index (κ3) is 4.30.